The van der Waals surface area contributed by atoms with Crippen LogP contribution in [-0.2, 0) is 9.53 Å². The average Bonchev–Trinajstić information content (AvgIpc) is 3.07. The summed E-state index contributed by atoms with van der Waals surface area (Å²) in [5.74, 6) is 1.77. The van der Waals surface area contributed by atoms with Crippen LogP contribution in [0.1, 0.15) is 127 Å². The van der Waals surface area contributed by atoms with E-state index in [1.165, 1.54) is 12.0 Å². The van der Waals surface area contributed by atoms with Gasteiger partial charge in [-0.15, -0.1) is 0 Å². The zero-order valence-corrected chi connectivity index (χ0v) is 26.4. The van der Waals surface area contributed by atoms with Crippen LogP contribution in [0.15, 0.2) is 11.1 Å². The van der Waals surface area contributed by atoms with E-state index in [2.05, 4.69) is 53.8 Å². The van der Waals surface area contributed by atoms with E-state index in [9.17, 15) is 14.7 Å². The van der Waals surface area contributed by atoms with Crippen LogP contribution in [0, 0.1) is 45.3 Å². The van der Waals surface area contributed by atoms with Crippen molar-refractivity contribution in [2.45, 2.75) is 144 Å². The van der Waals surface area contributed by atoms with Gasteiger partial charge < -0.3 is 15.2 Å². The third kappa shape index (κ3) is 4.02. The molecule has 5 aliphatic rings. The molecule has 0 bridgehead atoms. The van der Waals surface area contributed by atoms with Crippen molar-refractivity contribution < 1.29 is 19.4 Å². The molecule has 2 unspecified atom stereocenters. The normalized spacial score (nSPS) is 45.3. The topological polar surface area (TPSA) is 75.6 Å². The second kappa shape index (κ2) is 8.82. The number of amides is 1. The second-order valence-corrected chi connectivity index (χ2v) is 16.8. The summed E-state index contributed by atoms with van der Waals surface area (Å²) in [7, 11) is 0. The maximum atomic E-state index is 13.7. The van der Waals surface area contributed by atoms with Crippen molar-refractivity contribution in [3.63, 3.8) is 0 Å². The van der Waals surface area contributed by atoms with Crippen molar-refractivity contribution in [1.82, 2.24) is 5.32 Å². The molecule has 1 amide bonds. The third-order valence-corrected chi connectivity index (χ3v) is 13.2. The number of hydrogen-bond donors (Lipinski definition) is 2. The van der Waals surface area contributed by atoms with Crippen molar-refractivity contribution in [1.29, 1.82) is 0 Å². The fraction of sp³-hybridized carbons (Fsp3) is 0.882. The van der Waals surface area contributed by atoms with Crippen LogP contribution in [0.5, 0.6) is 0 Å². The molecular weight excluding hydrogens is 486 g/mol. The molecule has 5 heteroatoms. The first-order valence-corrected chi connectivity index (χ1v) is 15.8. The summed E-state index contributed by atoms with van der Waals surface area (Å²) >= 11 is 0. The molecule has 0 aromatic heterocycles. The molecule has 0 aliphatic heterocycles. The molecule has 0 aromatic carbocycles. The number of carbonyl (C=O) groups is 2. The number of fused-ring (bicyclic) bond motifs is 7. The highest BCUT2D eigenvalue weighted by Crippen LogP contribution is 2.75. The molecule has 2 N–H and O–H groups in total. The lowest BCUT2D eigenvalue weighted by Gasteiger charge is -2.72. The highest BCUT2D eigenvalue weighted by molar-refractivity contribution is 6.02. The van der Waals surface area contributed by atoms with Gasteiger partial charge in [0.1, 0.15) is 5.60 Å². The average molecular weight is 542 g/mol. The maximum Gasteiger partial charge on any atom is 0.408 e. The van der Waals surface area contributed by atoms with E-state index in [-0.39, 0.29) is 45.4 Å². The fourth-order valence-electron chi connectivity index (χ4n) is 11.2. The van der Waals surface area contributed by atoms with Gasteiger partial charge in [-0.3, -0.25) is 4.79 Å². The van der Waals surface area contributed by atoms with Crippen LogP contribution in [0.3, 0.4) is 0 Å². The van der Waals surface area contributed by atoms with Gasteiger partial charge in [-0.2, -0.15) is 0 Å². The van der Waals surface area contributed by atoms with Crippen LogP contribution in [-0.4, -0.2) is 34.2 Å². The summed E-state index contributed by atoms with van der Waals surface area (Å²) < 4.78 is 5.74. The Bertz CT molecular complexity index is 1080. The van der Waals surface area contributed by atoms with Gasteiger partial charge in [0.05, 0.1) is 11.6 Å². The molecule has 5 nitrogen and oxygen atoms in total. The third-order valence-electron chi connectivity index (χ3n) is 13.2. The van der Waals surface area contributed by atoms with E-state index in [0.29, 0.717) is 18.3 Å². The molecule has 220 valence electrons. The number of ketones is 1. The zero-order chi connectivity index (χ0) is 29.0. The number of aliphatic hydroxyl groups excluding tert-OH is 1. The highest BCUT2D eigenvalue weighted by atomic mass is 16.6. The number of rotatable bonds is 2. The molecule has 0 heterocycles. The van der Waals surface area contributed by atoms with Gasteiger partial charge in [0.15, 0.2) is 5.78 Å². The zero-order valence-electron chi connectivity index (χ0n) is 26.4. The molecule has 0 radical (unpaired) electrons. The van der Waals surface area contributed by atoms with Crippen molar-refractivity contribution >= 4 is 11.9 Å². The predicted molar refractivity (Wildman–Crippen MR) is 155 cm³/mol. The van der Waals surface area contributed by atoms with Gasteiger partial charge >= 0.3 is 6.09 Å². The first-order valence-electron chi connectivity index (χ1n) is 15.8. The first-order chi connectivity index (χ1) is 17.8. The van der Waals surface area contributed by atoms with E-state index < -0.39 is 17.2 Å². The van der Waals surface area contributed by atoms with Gasteiger partial charge in [-0.05, 0) is 129 Å². The van der Waals surface area contributed by atoms with E-state index in [1.807, 2.05) is 20.8 Å². The number of Topliss-reactive ketones (excluding diaryl/α,β-unsaturated/α-hetero) is 1. The van der Waals surface area contributed by atoms with Gasteiger partial charge in [-0.1, -0.05) is 48.5 Å². The summed E-state index contributed by atoms with van der Waals surface area (Å²) in [4.78, 5) is 26.8. The van der Waals surface area contributed by atoms with E-state index in [4.69, 9.17) is 4.74 Å². The second-order valence-electron chi connectivity index (χ2n) is 16.8. The molecule has 0 aromatic rings. The molecule has 0 spiro atoms. The Labute approximate surface area is 237 Å². The van der Waals surface area contributed by atoms with E-state index in [1.54, 1.807) is 0 Å². The number of aliphatic hydroxyl groups is 1. The van der Waals surface area contributed by atoms with E-state index in [0.717, 1.165) is 50.5 Å². The quantitative estimate of drug-likeness (QED) is 0.377. The fourth-order valence-corrected chi connectivity index (χ4v) is 11.2. The Morgan fingerprint density at radius 1 is 0.923 bits per heavy atom. The molecule has 39 heavy (non-hydrogen) atoms. The Hall–Kier alpha value is -1.36. The first kappa shape index (κ1) is 29.1. The molecule has 5 rings (SSSR count). The van der Waals surface area contributed by atoms with Crippen molar-refractivity contribution in [2.75, 3.05) is 0 Å². The summed E-state index contributed by atoms with van der Waals surface area (Å²) in [6.07, 6.45) is 8.10. The Morgan fingerprint density at radius 2 is 1.59 bits per heavy atom. The molecular formula is C34H55NO4. The number of hydrogen-bond acceptors (Lipinski definition) is 4. The summed E-state index contributed by atoms with van der Waals surface area (Å²) in [6.45, 7) is 22.2. The number of ether oxygens (including phenoxy) is 1. The minimum absolute atomic E-state index is 0.0588. The predicted octanol–water partition coefficient (Wildman–Crippen LogP) is 7.61. The Kier molecular flexibility index (Phi) is 6.59. The molecule has 8 atom stereocenters. The minimum Gasteiger partial charge on any atom is -0.444 e. The SMILES string of the molecule is CC(C)C1=C2[C@H]3CCC4[C@@]5(C)CC[C@H](O)C(C)(C)C5CC[C@@]4(C)[C@]3(C)CC[C@@]2(NC(=O)OC(C)(C)C)CC1=O. The molecule has 0 saturated heterocycles. The Morgan fingerprint density at radius 3 is 2.21 bits per heavy atom. The number of allylic oxidation sites excluding steroid dienone is 1. The van der Waals surface area contributed by atoms with Crippen LogP contribution >= 0.6 is 0 Å². The number of alkyl carbamates (subject to hydrolysis) is 1. The highest BCUT2D eigenvalue weighted by Gasteiger charge is 2.70. The van der Waals surface area contributed by atoms with Crippen molar-refractivity contribution in [3.05, 3.63) is 11.1 Å². The summed E-state index contributed by atoms with van der Waals surface area (Å²) in [5.41, 5.74) is 1.38. The number of nitrogens with one attached hydrogen (secondary N) is 1. The van der Waals surface area contributed by atoms with Gasteiger partial charge in [-0.25, -0.2) is 4.79 Å². The van der Waals surface area contributed by atoms with Crippen LogP contribution in [0.25, 0.3) is 0 Å². The summed E-state index contributed by atoms with van der Waals surface area (Å²) in [6, 6.07) is 0. The minimum atomic E-state index is -0.621. The van der Waals surface area contributed by atoms with Crippen LogP contribution in [0.4, 0.5) is 4.79 Å². The van der Waals surface area contributed by atoms with Gasteiger partial charge in [0.25, 0.3) is 0 Å². The van der Waals surface area contributed by atoms with Crippen LogP contribution in [0.2, 0.25) is 0 Å². The molecule has 4 saturated carbocycles. The molecule has 5 aliphatic carbocycles. The smallest absolute Gasteiger partial charge is 0.408 e. The van der Waals surface area contributed by atoms with Crippen molar-refractivity contribution in [2.24, 2.45) is 45.3 Å². The number of carbonyl (C=O) groups excluding carboxylic acids is 2. The Balaban J connectivity index is 1.56. The monoisotopic (exact) mass is 541 g/mol. The van der Waals surface area contributed by atoms with E-state index >= 15 is 0 Å². The lowest BCUT2D eigenvalue weighted by atomic mass is 9.33. The largest absolute Gasteiger partial charge is 0.444 e. The lowest BCUT2D eigenvalue weighted by molar-refractivity contribution is -0.227. The summed E-state index contributed by atoms with van der Waals surface area (Å²) in [5, 5.41) is 14.3. The van der Waals surface area contributed by atoms with Crippen LogP contribution < -0.4 is 5.32 Å². The van der Waals surface area contributed by atoms with Gasteiger partial charge in [0, 0.05) is 6.42 Å². The lowest BCUT2D eigenvalue weighted by Crippen LogP contribution is -2.67. The maximum absolute atomic E-state index is 13.7. The van der Waals surface area contributed by atoms with Gasteiger partial charge in [0.2, 0.25) is 0 Å². The standard InChI is InChI=1S/C34H55NO4/c1-20(2)26-22(36)19-34(35-28(38)39-29(3,4)5)18-17-32(9)21(27(26)34)11-12-24-31(8)15-14-25(37)30(6,7)23(31)13-16-33(24,32)10/h20-21,23-25,37H,11-19H2,1-10H3,(H,35,38)/t21-,23?,24?,25+,31+,32-,33-,34-/m1/s1. The molecule has 4 fully saturated rings. The van der Waals surface area contributed by atoms with Crippen molar-refractivity contribution in [3.8, 4) is 0 Å².